The highest BCUT2D eigenvalue weighted by Gasteiger charge is 2.48. The number of imide groups is 1. The van der Waals surface area contributed by atoms with Crippen molar-refractivity contribution in [3.8, 4) is 0 Å². The molecule has 7 nitrogen and oxygen atoms in total. The summed E-state index contributed by atoms with van der Waals surface area (Å²) in [6.45, 7) is 0. The summed E-state index contributed by atoms with van der Waals surface area (Å²) in [6.07, 6.45) is 5.47. The lowest BCUT2D eigenvalue weighted by Crippen LogP contribution is -2.55. The number of carboxylic acids is 1. The Bertz CT molecular complexity index is 811. The van der Waals surface area contributed by atoms with Gasteiger partial charge in [0.05, 0.1) is 11.1 Å². The summed E-state index contributed by atoms with van der Waals surface area (Å²) in [4.78, 5) is 52.7. The molecule has 0 bridgehead atoms. The SMILES string of the molecule is O=C(O)[C@@H]1CC[C@@H]2CC=CC[C@H](N3C(=O)c4ccccc4C3=O)C(=O)N21. The van der Waals surface area contributed by atoms with Crippen molar-refractivity contribution in [1.29, 1.82) is 0 Å². The molecule has 1 aromatic rings. The van der Waals surface area contributed by atoms with E-state index in [1.807, 2.05) is 6.08 Å². The Balaban J connectivity index is 1.72. The van der Waals surface area contributed by atoms with E-state index in [0.29, 0.717) is 19.3 Å². The molecular weight excluding hydrogens is 336 g/mol. The fourth-order valence-electron chi connectivity index (χ4n) is 4.15. The fourth-order valence-corrected chi connectivity index (χ4v) is 4.15. The second-order valence-corrected chi connectivity index (χ2v) is 6.82. The number of hydrogen-bond donors (Lipinski definition) is 1. The average Bonchev–Trinajstić information content (AvgIpc) is 3.14. The van der Waals surface area contributed by atoms with Crippen LogP contribution in [0.5, 0.6) is 0 Å². The van der Waals surface area contributed by atoms with E-state index < -0.39 is 35.8 Å². The molecule has 3 atom stereocenters. The Morgan fingerprint density at radius 2 is 1.58 bits per heavy atom. The third-order valence-corrected chi connectivity index (χ3v) is 5.40. The smallest absolute Gasteiger partial charge is 0.326 e. The molecule has 7 heteroatoms. The number of amides is 3. The van der Waals surface area contributed by atoms with Crippen molar-refractivity contribution in [2.75, 3.05) is 0 Å². The van der Waals surface area contributed by atoms with Crippen LogP contribution in [0.1, 0.15) is 46.4 Å². The summed E-state index contributed by atoms with van der Waals surface area (Å²) in [5.74, 6) is -2.51. The summed E-state index contributed by atoms with van der Waals surface area (Å²) < 4.78 is 0. The minimum Gasteiger partial charge on any atom is -0.480 e. The van der Waals surface area contributed by atoms with Gasteiger partial charge in [-0.2, -0.15) is 0 Å². The second kappa shape index (κ2) is 6.09. The predicted octanol–water partition coefficient (Wildman–Crippen LogP) is 1.45. The van der Waals surface area contributed by atoms with E-state index in [-0.39, 0.29) is 23.6 Å². The Morgan fingerprint density at radius 3 is 2.19 bits per heavy atom. The number of aliphatic carboxylic acids is 1. The zero-order valence-electron chi connectivity index (χ0n) is 14.0. The third-order valence-electron chi connectivity index (χ3n) is 5.40. The van der Waals surface area contributed by atoms with Crippen LogP contribution in [0.15, 0.2) is 36.4 Å². The van der Waals surface area contributed by atoms with Gasteiger partial charge in [-0.3, -0.25) is 19.3 Å². The van der Waals surface area contributed by atoms with E-state index in [4.69, 9.17) is 0 Å². The first kappa shape index (κ1) is 16.5. The Kier molecular flexibility index (Phi) is 3.86. The first-order valence-corrected chi connectivity index (χ1v) is 8.67. The molecular formula is C19H18N2O5. The van der Waals surface area contributed by atoms with Crippen molar-refractivity contribution in [2.24, 2.45) is 0 Å². The molecule has 3 aliphatic heterocycles. The number of nitrogens with zero attached hydrogens (tertiary/aromatic N) is 2. The van der Waals surface area contributed by atoms with Gasteiger partial charge in [0.15, 0.2) is 0 Å². The van der Waals surface area contributed by atoms with Crippen LogP contribution in [0.4, 0.5) is 0 Å². The maximum atomic E-state index is 13.2. The molecule has 26 heavy (non-hydrogen) atoms. The Labute approximate surface area is 149 Å². The van der Waals surface area contributed by atoms with E-state index in [1.54, 1.807) is 30.3 Å². The molecule has 1 fully saturated rings. The van der Waals surface area contributed by atoms with Crippen molar-refractivity contribution in [3.63, 3.8) is 0 Å². The lowest BCUT2D eigenvalue weighted by Gasteiger charge is -2.35. The molecule has 4 rings (SSSR count). The first-order valence-electron chi connectivity index (χ1n) is 8.67. The summed E-state index contributed by atoms with van der Waals surface area (Å²) >= 11 is 0. The van der Waals surface area contributed by atoms with E-state index in [2.05, 4.69) is 0 Å². The van der Waals surface area contributed by atoms with Gasteiger partial charge in [-0.15, -0.1) is 0 Å². The maximum Gasteiger partial charge on any atom is 0.326 e. The molecule has 3 aliphatic rings. The molecule has 1 N–H and O–H groups in total. The predicted molar refractivity (Wildman–Crippen MR) is 90.4 cm³/mol. The zero-order chi connectivity index (χ0) is 18.4. The lowest BCUT2D eigenvalue weighted by atomic mass is 10.0. The molecule has 0 aromatic heterocycles. The molecule has 3 heterocycles. The highest BCUT2D eigenvalue weighted by atomic mass is 16.4. The highest BCUT2D eigenvalue weighted by Crippen LogP contribution is 2.33. The molecule has 3 amide bonds. The van der Waals surface area contributed by atoms with Crippen LogP contribution in [0.25, 0.3) is 0 Å². The van der Waals surface area contributed by atoms with Gasteiger partial charge in [0.1, 0.15) is 12.1 Å². The van der Waals surface area contributed by atoms with Crippen LogP contribution in [-0.4, -0.2) is 56.7 Å². The van der Waals surface area contributed by atoms with Gasteiger partial charge in [-0.25, -0.2) is 4.79 Å². The van der Waals surface area contributed by atoms with Gasteiger partial charge >= 0.3 is 5.97 Å². The molecule has 0 aliphatic carbocycles. The average molecular weight is 354 g/mol. The highest BCUT2D eigenvalue weighted by molar-refractivity contribution is 6.22. The van der Waals surface area contributed by atoms with Crippen LogP contribution in [0, 0.1) is 0 Å². The van der Waals surface area contributed by atoms with Gasteiger partial charge in [0.25, 0.3) is 11.8 Å². The summed E-state index contributed by atoms with van der Waals surface area (Å²) in [5.41, 5.74) is 0.563. The lowest BCUT2D eigenvalue weighted by molar-refractivity contribution is -0.151. The quantitative estimate of drug-likeness (QED) is 0.641. The summed E-state index contributed by atoms with van der Waals surface area (Å²) in [6, 6.07) is 4.35. The zero-order valence-corrected chi connectivity index (χ0v) is 14.0. The molecule has 0 saturated carbocycles. The normalized spacial score (nSPS) is 28.0. The van der Waals surface area contributed by atoms with Gasteiger partial charge in [-0.05, 0) is 37.8 Å². The minimum atomic E-state index is -1.05. The fraction of sp³-hybridized carbons (Fsp3) is 0.368. The molecule has 0 unspecified atom stereocenters. The van der Waals surface area contributed by atoms with E-state index in [1.165, 1.54) is 4.90 Å². The van der Waals surface area contributed by atoms with Crippen molar-refractivity contribution in [3.05, 3.63) is 47.5 Å². The minimum absolute atomic E-state index is 0.194. The summed E-state index contributed by atoms with van der Waals surface area (Å²) in [5, 5.41) is 9.47. The van der Waals surface area contributed by atoms with E-state index >= 15 is 0 Å². The van der Waals surface area contributed by atoms with Crippen LogP contribution in [0.3, 0.4) is 0 Å². The number of carboxylic acid groups (broad SMARTS) is 1. The Hall–Kier alpha value is -2.96. The van der Waals surface area contributed by atoms with Crippen LogP contribution in [-0.2, 0) is 9.59 Å². The van der Waals surface area contributed by atoms with Crippen molar-refractivity contribution < 1.29 is 24.3 Å². The van der Waals surface area contributed by atoms with Crippen LogP contribution < -0.4 is 0 Å². The summed E-state index contributed by atoms with van der Waals surface area (Å²) in [7, 11) is 0. The van der Waals surface area contributed by atoms with Crippen molar-refractivity contribution in [2.45, 2.75) is 43.8 Å². The van der Waals surface area contributed by atoms with Crippen LogP contribution in [0.2, 0.25) is 0 Å². The number of carbonyl (C=O) groups is 4. The number of fused-ring (bicyclic) bond motifs is 2. The van der Waals surface area contributed by atoms with Crippen molar-refractivity contribution in [1.82, 2.24) is 9.80 Å². The van der Waals surface area contributed by atoms with E-state index in [9.17, 15) is 24.3 Å². The first-order chi connectivity index (χ1) is 12.5. The largest absolute Gasteiger partial charge is 0.480 e. The topological polar surface area (TPSA) is 95.0 Å². The number of benzene rings is 1. The van der Waals surface area contributed by atoms with Gasteiger partial charge in [0.2, 0.25) is 5.91 Å². The monoisotopic (exact) mass is 354 g/mol. The molecule has 1 saturated heterocycles. The van der Waals surface area contributed by atoms with E-state index in [0.717, 1.165) is 4.90 Å². The Morgan fingerprint density at radius 1 is 0.962 bits per heavy atom. The second-order valence-electron chi connectivity index (χ2n) is 6.82. The van der Waals surface area contributed by atoms with Gasteiger partial charge in [0, 0.05) is 6.04 Å². The molecule has 1 aromatic carbocycles. The standard InChI is InChI=1S/C19H18N2O5/c22-16-12-6-2-3-7-13(12)17(23)21(16)14-8-4-1-5-11-9-10-15(19(25)26)20(11)18(14)24/h1-4,6-7,11,14-15H,5,8-10H2,(H,25,26)/t11-,14-,15-/m0/s1. The molecule has 0 radical (unpaired) electrons. The third kappa shape index (κ3) is 2.34. The van der Waals surface area contributed by atoms with Crippen LogP contribution >= 0.6 is 0 Å². The maximum absolute atomic E-state index is 13.2. The van der Waals surface area contributed by atoms with Crippen molar-refractivity contribution >= 4 is 23.7 Å². The van der Waals surface area contributed by atoms with Gasteiger partial charge in [-0.1, -0.05) is 24.3 Å². The molecule has 134 valence electrons. The molecule has 0 spiro atoms. The number of hydrogen-bond acceptors (Lipinski definition) is 4. The number of carbonyl (C=O) groups excluding carboxylic acids is 3. The van der Waals surface area contributed by atoms with Gasteiger partial charge < -0.3 is 10.0 Å². The number of rotatable bonds is 2.